The Balaban J connectivity index is 2.86. The van der Waals surface area contributed by atoms with Crippen LogP contribution < -0.4 is 5.43 Å². The zero-order valence-electron chi connectivity index (χ0n) is 3.55. The highest BCUT2D eigenvalue weighted by Gasteiger charge is 1.63. The van der Waals surface area contributed by atoms with Crippen LogP contribution in [0.1, 0.15) is 0 Å². The van der Waals surface area contributed by atoms with Crippen molar-refractivity contribution in [3.63, 3.8) is 0 Å². The predicted octanol–water partition coefficient (Wildman–Crippen LogP) is -0.129. The van der Waals surface area contributed by atoms with Gasteiger partial charge >= 0.3 is 0 Å². The third-order valence-corrected chi connectivity index (χ3v) is 0.455. The summed E-state index contributed by atoms with van der Waals surface area (Å²) >= 11 is 0. The monoisotopic (exact) mass is 93.0 g/mol. The maximum absolute atomic E-state index is 3.57. The SMILES string of the molecule is C1=CNN=C=CN=1. The van der Waals surface area contributed by atoms with Crippen molar-refractivity contribution in [2.75, 3.05) is 0 Å². The van der Waals surface area contributed by atoms with Crippen LogP contribution in [-0.4, -0.2) is 11.7 Å². The van der Waals surface area contributed by atoms with Crippen molar-refractivity contribution in [3.05, 3.63) is 12.4 Å². The van der Waals surface area contributed by atoms with Gasteiger partial charge in [0.2, 0.25) is 0 Å². The number of rotatable bonds is 0. The predicted molar refractivity (Wildman–Crippen MR) is 27.1 cm³/mol. The second-order valence-corrected chi connectivity index (χ2v) is 0.902. The third kappa shape index (κ3) is 1.05. The lowest BCUT2D eigenvalue weighted by Gasteiger charge is -1.72. The van der Waals surface area contributed by atoms with Crippen molar-refractivity contribution in [1.29, 1.82) is 0 Å². The molecule has 1 N–H and O–H groups in total. The van der Waals surface area contributed by atoms with E-state index >= 15 is 0 Å². The van der Waals surface area contributed by atoms with Crippen molar-refractivity contribution in [2.24, 2.45) is 10.1 Å². The van der Waals surface area contributed by atoms with E-state index in [9.17, 15) is 0 Å². The van der Waals surface area contributed by atoms with Crippen LogP contribution in [0.25, 0.3) is 0 Å². The molecule has 0 saturated carbocycles. The maximum Gasteiger partial charge on any atom is 0.1000 e. The van der Waals surface area contributed by atoms with Crippen LogP contribution >= 0.6 is 0 Å². The van der Waals surface area contributed by atoms with Gasteiger partial charge in [0.15, 0.2) is 0 Å². The zero-order chi connectivity index (χ0) is 4.95. The molecule has 0 aromatic rings. The number of hydrogen-bond donors (Lipinski definition) is 1. The lowest BCUT2D eigenvalue weighted by molar-refractivity contribution is 0.991. The first-order chi connectivity index (χ1) is 3.50. The Hall–Kier alpha value is -1.30. The van der Waals surface area contributed by atoms with Crippen LogP contribution in [-0.2, 0) is 0 Å². The average molecular weight is 93.1 g/mol. The van der Waals surface area contributed by atoms with Crippen LogP contribution in [0.2, 0.25) is 0 Å². The molecule has 0 spiro atoms. The third-order valence-electron chi connectivity index (χ3n) is 0.455. The van der Waals surface area contributed by atoms with E-state index in [1.807, 2.05) is 0 Å². The summed E-state index contributed by atoms with van der Waals surface area (Å²) in [5.74, 6) is 5.00. The first-order valence-electron chi connectivity index (χ1n) is 1.80. The molecule has 0 aromatic carbocycles. The normalized spacial score (nSPS) is 13.7. The molecule has 0 saturated heterocycles. The van der Waals surface area contributed by atoms with E-state index in [-0.39, 0.29) is 0 Å². The molecule has 0 atom stereocenters. The second-order valence-electron chi connectivity index (χ2n) is 0.902. The highest BCUT2D eigenvalue weighted by atomic mass is 15.3. The van der Waals surface area contributed by atoms with Crippen LogP contribution in [0.3, 0.4) is 0 Å². The van der Waals surface area contributed by atoms with Crippen LogP contribution in [0, 0.1) is 0 Å². The van der Waals surface area contributed by atoms with Gasteiger partial charge in [-0.1, -0.05) is 0 Å². The summed E-state index contributed by atoms with van der Waals surface area (Å²) in [7, 11) is 0. The first-order valence-corrected chi connectivity index (χ1v) is 1.80. The highest BCUT2D eigenvalue weighted by molar-refractivity contribution is 5.59. The van der Waals surface area contributed by atoms with Crippen molar-refractivity contribution in [1.82, 2.24) is 5.43 Å². The molecule has 3 heteroatoms. The van der Waals surface area contributed by atoms with Crippen LogP contribution in [0.5, 0.6) is 0 Å². The molecule has 3 nitrogen and oxygen atoms in total. The molecule has 1 heterocycles. The summed E-state index contributed by atoms with van der Waals surface area (Å²) in [4.78, 5) is 3.57. The summed E-state index contributed by atoms with van der Waals surface area (Å²) in [6.07, 6.45) is 2.92. The average Bonchev–Trinajstić information content (AvgIpc) is 1.90. The molecule has 0 fully saturated rings. The van der Waals surface area contributed by atoms with Gasteiger partial charge in [0.1, 0.15) is 0 Å². The quantitative estimate of drug-likeness (QED) is 0.445. The summed E-state index contributed by atoms with van der Waals surface area (Å²) in [6, 6.07) is 0. The van der Waals surface area contributed by atoms with E-state index in [4.69, 9.17) is 0 Å². The van der Waals surface area contributed by atoms with E-state index < -0.39 is 0 Å². The topological polar surface area (TPSA) is 36.8 Å². The molecule has 0 radical (unpaired) electrons. The molecule has 1 aliphatic heterocycles. The molecule has 0 unspecified atom stereocenters. The Morgan fingerprint density at radius 1 is 1.43 bits per heavy atom. The van der Waals surface area contributed by atoms with Gasteiger partial charge in [-0.15, -0.1) is 5.10 Å². The molecule has 0 aromatic heterocycles. The van der Waals surface area contributed by atoms with Crippen LogP contribution in [0.4, 0.5) is 0 Å². The van der Waals surface area contributed by atoms with Crippen molar-refractivity contribution >= 4 is 11.7 Å². The summed E-state index contributed by atoms with van der Waals surface area (Å²) < 4.78 is 0. The molecule has 1 rings (SSSR count). The number of hydrogen-bond acceptors (Lipinski definition) is 3. The van der Waals surface area contributed by atoms with Crippen molar-refractivity contribution in [3.8, 4) is 0 Å². The highest BCUT2D eigenvalue weighted by Crippen LogP contribution is 1.63. The van der Waals surface area contributed by atoms with Gasteiger partial charge in [0, 0.05) is 11.7 Å². The Morgan fingerprint density at radius 3 is 3.43 bits per heavy atom. The lowest BCUT2D eigenvalue weighted by atomic mass is 11.0. The Labute approximate surface area is 40.8 Å². The van der Waals surface area contributed by atoms with Gasteiger partial charge in [-0.25, -0.2) is 4.99 Å². The fraction of sp³-hybridized carbons (Fsp3) is 0. The van der Waals surface area contributed by atoms with Gasteiger partial charge in [0.05, 0.1) is 12.4 Å². The number of nitrogens with one attached hydrogen (secondary N) is 1. The lowest BCUT2D eigenvalue weighted by Crippen LogP contribution is -1.88. The Kier molecular flexibility index (Phi) is 1.10. The molecule has 34 valence electrons. The largest absolute Gasteiger partial charge is 0.268 e. The Bertz CT molecular complexity index is 147. The second kappa shape index (κ2) is 1.98. The molecular weight excluding hydrogens is 90.1 g/mol. The number of nitrogens with zero attached hydrogens (tertiary/aromatic N) is 2. The molecule has 0 amide bonds. The van der Waals surface area contributed by atoms with E-state index in [1.165, 1.54) is 12.4 Å². The summed E-state index contributed by atoms with van der Waals surface area (Å²) in [5, 5.41) is 3.50. The van der Waals surface area contributed by atoms with Gasteiger partial charge in [-0.3, -0.25) is 5.43 Å². The van der Waals surface area contributed by atoms with Crippen LogP contribution in [0.15, 0.2) is 22.5 Å². The fourth-order valence-corrected chi connectivity index (χ4v) is 0.231. The molecule has 7 heavy (non-hydrogen) atoms. The van der Waals surface area contributed by atoms with E-state index in [0.717, 1.165) is 0 Å². The van der Waals surface area contributed by atoms with E-state index in [0.29, 0.717) is 0 Å². The smallest absolute Gasteiger partial charge is 0.1000 e. The maximum atomic E-state index is 3.57. The summed E-state index contributed by atoms with van der Waals surface area (Å²) in [5.41, 5.74) is 2.50. The van der Waals surface area contributed by atoms with Gasteiger partial charge in [-0.2, -0.15) is 0 Å². The number of hydrazone groups is 1. The minimum Gasteiger partial charge on any atom is -0.268 e. The standard InChI is InChI=1S/C4H3N3/c1-3-6-7-4-2-5-1/h1,4,7H. The molecule has 0 bridgehead atoms. The minimum absolute atomic E-state index is 1.43. The number of aliphatic imine (C=N–C) groups is 1. The first kappa shape index (κ1) is 3.88. The zero-order valence-corrected chi connectivity index (χ0v) is 3.55. The van der Waals surface area contributed by atoms with Gasteiger partial charge in [-0.05, 0) is 0 Å². The molecule has 0 aliphatic carbocycles. The van der Waals surface area contributed by atoms with Crippen molar-refractivity contribution in [2.45, 2.75) is 0 Å². The minimum atomic E-state index is 1.43. The van der Waals surface area contributed by atoms with Gasteiger partial charge in [0.25, 0.3) is 0 Å². The van der Waals surface area contributed by atoms with E-state index in [2.05, 4.69) is 27.3 Å². The fourth-order valence-electron chi connectivity index (χ4n) is 0.231. The summed E-state index contributed by atoms with van der Waals surface area (Å²) in [6.45, 7) is 0. The molecule has 1 aliphatic rings. The van der Waals surface area contributed by atoms with Crippen molar-refractivity contribution < 1.29 is 0 Å². The Morgan fingerprint density at radius 2 is 2.43 bits per heavy atom. The van der Waals surface area contributed by atoms with Gasteiger partial charge < -0.3 is 0 Å². The molecular formula is C4H3N3. The van der Waals surface area contributed by atoms with E-state index in [1.54, 1.807) is 0 Å².